The van der Waals surface area contributed by atoms with Crippen molar-refractivity contribution in [3.63, 3.8) is 0 Å². The molecule has 1 atom stereocenters. The highest BCUT2D eigenvalue weighted by molar-refractivity contribution is 6.30. The van der Waals surface area contributed by atoms with E-state index in [1.165, 1.54) is 19.1 Å². The molecule has 20 heavy (non-hydrogen) atoms. The van der Waals surface area contributed by atoms with Gasteiger partial charge in [-0.3, -0.25) is 0 Å². The van der Waals surface area contributed by atoms with Gasteiger partial charge in [-0.2, -0.15) is 13.2 Å². The Labute approximate surface area is 119 Å². The molecule has 0 aromatic heterocycles. The van der Waals surface area contributed by atoms with Gasteiger partial charge in [0.2, 0.25) is 0 Å². The second-order valence-electron chi connectivity index (χ2n) is 4.66. The Hall–Kier alpha value is -1.52. The zero-order valence-corrected chi connectivity index (χ0v) is 11.3. The summed E-state index contributed by atoms with van der Waals surface area (Å²) in [6, 6.07) is 11.0. The molecule has 0 saturated carbocycles. The van der Waals surface area contributed by atoms with E-state index in [0.717, 1.165) is 12.1 Å². The van der Waals surface area contributed by atoms with Crippen molar-refractivity contribution in [3.8, 4) is 0 Å². The first kappa shape index (κ1) is 14.9. The number of halogens is 4. The molecule has 0 radical (unpaired) electrons. The van der Waals surface area contributed by atoms with Gasteiger partial charge in [0.25, 0.3) is 0 Å². The van der Waals surface area contributed by atoms with Gasteiger partial charge in [-0.1, -0.05) is 35.9 Å². The Morgan fingerprint density at radius 1 is 0.900 bits per heavy atom. The molecule has 0 aliphatic heterocycles. The lowest BCUT2D eigenvalue weighted by Gasteiger charge is -2.25. The van der Waals surface area contributed by atoms with Crippen molar-refractivity contribution < 1.29 is 18.3 Å². The van der Waals surface area contributed by atoms with Gasteiger partial charge < -0.3 is 5.11 Å². The second-order valence-corrected chi connectivity index (χ2v) is 5.09. The van der Waals surface area contributed by atoms with Crippen LogP contribution in [0.5, 0.6) is 0 Å². The van der Waals surface area contributed by atoms with Crippen LogP contribution in [0.1, 0.15) is 23.6 Å². The molecule has 0 spiro atoms. The minimum absolute atomic E-state index is 0.176. The lowest BCUT2D eigenvalue weighted by Crippen LogP contribution is -2.23. The molecular weight excluding hydrogens is 289 g/mol. The fourth-order valence-corrected chi connectivity index (χ4v) is 2.07. The van der Waals surface area contributed by atoms with Crippen LogP contribution in [0.15, 0.2) is 48.5 Å². The van der Waals surface area contributed by atoms with Gasteiger partial charge in [0.15, 0.2) is 0 Å². The van der Waals surface area contributed by atoms with E-state index in [-0.39, 0.29) is 5.56 Å². The van der Waals surface area contributed by atoms with E-state index < -0.39 is 17.3 Å². The maximum atomic E-state index is 12.7. The quantitative estimate of drug-likeness (QED) is 0.858. The molecular formula is C15H12ClF3O. The van der Waals surface area contributed by atoms with Crippen LogP contribution in [0.3, 0.4) is 0 Å². The van der Waals surface area contributed by atoms with Crippen molar-refractivity contribution in [1.29, 1.82) is 0 Å². The van der Waals surface area contributed by atoms with Gasteiger partial charge in [-0.25, -0.2) is 0 Å². The predicted octanol–water partition coefficient (Wildman–Crippen LogP) is 4.61. The third kappa shape index (κ3) is 2.97. The van der Waals surface area contributed by atoms with Crippen molar-refractivity contribution in [2.45, 2.75) is 18.7 Å². The topological polar surface area (TPSA) is 20.2 Å². The van der Waals surface area contributed by atoms with Crippen molar-refractivity contribution in [3.05, 3.63) is 70.2 Å². The van der Waals surface area contributed by atoms with E-state index >= 15 is 0 Å². The van der Waals surface area contributed by atoms with Crippen LogP contribution < -0.4 is 0 Å². The molecule has 2 aromatic rings. The Morgan fingerprint density at radius 3 is 2.00 bits per heavy atom. The average Bonchev–Trinajstić information content (AvgIpc) is 2.38. The number of benzene rings is 2. The highest BCUT2D eigenvalue weighted by Gasteiger charge is 2.33. The van der Waals surface area contributed by atoms with Crippen LogP contribution in [0, 0.1) is 0 Å². The summed E-state index contributed by atoms with van der Waals surface area (Å²) in [6.07, 6.45) is -4.44. The maximum absolute atomic E-state index is 12.7. The minimum Gasteiger partial charge on any atom is -0.381 e. The standard InChI is InChI=1S/C15H12ClF3O/c1-14(20,10-5-7-13(16)8-6-10)11-3-2-4-12(9-11)15(17,18)19/h2-9,20H,1H3. The fourth-order valence-electron chi connectivity index (χ4n) is 1.94. The first-order chi connectivity index (χ1) is 9.21. The van der Waals surface area contributed by atoms with E-state index in [2.05, 4.69) is 0 Å². The minimum atomic E-state index is -4.44. The van der Waals surface area contributed by atoms with Crippen molar-refractivity contribution in [2.75, 3.05) is 0 Å². The van der Waals surface area contributed by atoms with Crippen molar-refractivity contribution in [1.82, 2.24) is 0 Å². The normalized spacial score (nSPS) is 14.9. The molecule has 2 rings (SSSR count). The monoisotopic (exact) mass is 300 g/mol. The zero-order chi connectivity index (χ0) is 15.0. The van der Waals surface area contributed by atoms with Crippen LogP contribution in [0.2, 0.25) is 5.02 Å². The molecule has 0 saturated heterocycles. The number of rotatable bonds is 2. The van der Waals surface area contributed by atoms with Crippen LogP contribution in [-0.2, 0) is 11.8 Å². The largest absolute Gasteiger partial charge is 0.416 e. The van der Waals surface area contributed by atoms with E-state index in [1.807, 2.05) is 0 Å². The van der Waals surface area contributed by atoms with Gasteiger partial charge in [0, 0.05) is 5.02 Å². The zero-order valence-electron chi connectivity index (χ0n) is 10.6. The van der Waals surface area contributed by atoms with Crippen LogP contribution in [-0.4, -0.2) is 5.11 Å². The smallest absolute Gasteiger partial charge is 0.381 e. The number of hydrogen-bond acceptors (Lipinski definition) is 1. The van der Waals surface area contributed by atoms with E-state index in [0.29, 0.717) is 10.6 Å². The summed E-state index contributed by atoms with van der Waals surface area (Å²) in [4.78, 5) is 0. The molecule has 1 nitrogen and oxygen atoms in total. The van der Waals surface area contributed by atoms with Gasteiger partial charge in [-0.05, 0) is 42.3 Å². The third-order valence-corrected chi connectivity index (χ3v) is 3.41. The summed E-state index contributed by atoms with van der Waals surface area (Å²) in [5, 5.41) is 11.0. The number of hydrogen-bond donors (Lipinski definition) is 1. The Bertz CT molecular complexity index is 603. The third-order valence-electron chi connectivity index (χ3n) is 3.16. The Kier molecular flexibility index (Phi) is 3.80. The molecule has 0 bridgehead atoms. The lowest BCUT2D eigenvalue weighted by molar-refractivity contribution is -0.137. The molecule has 0 heterocycles. The molecule has 106 valence electrons. The predicted molar refractivity (Wildman–Crippen MR) is 71.6 cm³/mol. The molecule has 5 heteroatoms. The SMILES string of the molecule is CC(O)(c1ccc(Cl)cc1)c1cccc(C(F)(F)F)c1. The Morgan fingerprint density at radius 2 is 1.45 bits per heavy atom. The summed E-state index contributed by atoms with van der Waals surface area (Å²) < 4.78 is 38.1. The summed E-state index contributed by atoms with van der Waals surface area (Å²) in [6.45, 7) is 1.45. The molecule has 1 unspecified atom stereocenters. The fraction of sp³-hybridized carbons (Fsp3) is 0.200. The molecule has 0 aliphatic rings. The second kappa shape index (κ2) is 5.11. The van der Waals surface area contributed by atoms with Crippen LogP contribution in [0.4, 0.5) is 13.2 Å². The average molecular weight is 301 g/mol. The van der Waals surface area contributed by atoms with E-state index in [4.69, 9.17) is 11.6 Å². The molecule has 2 aromatic carbocycles. The van der Waals surface area contributed by atoms with Crippen LogP contribution in [0.25, 0.3) is 0 Å². The molecule has 0 aliphatic carbocycles. The molecule has 1 N–H and O–H groups in total. The van der Waals surface area contributed by atoms with Gasteiger partial charge in [0.05, 0.1) is 5.56 Å². The Balaban J connectivity index is 2.46. The highest BCUT2D eigenvalue weighted by atomic mass is 35.5. The van der Waals surface area contributed by atoms with Crippen molar-refractivity contribution >= 4 is 11.6 Å². The number of aliphatic hydroxyl groups is 1. The van der Waals surface area contributed by atoms with E-state index in [1.54, 1.807) is 24.3 Å². The number of alkyl halides is 3. The highest BCUT2D eigenvalue weighted by Crippen LogP contribution is 2.35. The summed E-state index contributed by atoms with van der Waals surface area (Å²) in [7, 11) is 0. The maximum Gasteiger partial charge on any atom is 0.416 e. The first-order valence-electron chi connectivity index (χ1n) is 5.87. The summed E-state index contributed by atoms with van der Waals surface area (Å²) in [5.41, 5.74) is -1.66. The van der Waals surface area contributed by atoms with Crippen molar-refractivity contribution in [2.24, 2.45) is 0 Å². The molecule has 0 fully saturated rings. The molecule has 0 amide bonds. The lowest BCUT2D eigenvalue weighted by atomic mass is 9.87. The van der Waals surface area contributed by atoms with E-state index in [9.17, 15) is 18.3 Å². The van der Waals surface area contributed by atoms with Gasteiger partial charge in [0.1, 0.15) is 5.60 Å². The summed E-state index contributed by atoms with van der Waals surface area (Å²) in [5.74, 6) is 0. The van der Waals surface area contributed by atoms with Crippen LogP contribution >= 0.6 is 11.6 Å². The van der Waals surface area contributed by atoms with Gasteiger partial charge in [-0.15, -0.1) is 0 Å². The first-order valence-corrected chi connectivity index (χ1v) is 6.25. The van der Waals surface area contributed by atoms with Gasteiger partial charge >= 0.3 is 6.18 Å². The summed E-state index contributed by atoms with van der Waals surface area (Å²) >= 11 is 5.76.